The summed E-state index contributed by atoms with van der Waals surface area (Å²) < 4.78 is 9.56. The zero-order chi connectivity index (χ0) is 15.4. The molecule has 0 aliphatic rings. The average Bonchev–Trinajstić information content (AvgIpc) is 2.89. The largest absolute Gasteiger partial charge is 1.00 e. The molecule has 6 heteroatoms. The van der Waals surface area contributed by atoms with E-state index in [1.165, 1.54) is 17.0 Å². The summed E-state index contributed by atoms with van der Waals surface area (Å²) in [4.78, 5) is 0. The molecule has 0 unspecified atom stereocenters. The molecule has 0 aliphatic carbocycles. The Labute approximate surface area is 140 Å². The number of imidazole rings is 1. The van der Waals surface area contributed by atoms with Crippen LogP contribution in [0.1, 0.15) is 11.4 Å². The van der Waals surface area contributed by atoms with Crippen LogP contribution in [0.2, 0.25) is 0 Å². The summed E-state index contributed by atoms with van der Waals surface area (Å²) in [6, 6.07) is 14.5. The highest BCUT2D eigenvalue weighted by atomic mass is 35.5. The monoisotopic (exact) mass is 331 g/mol. The number of fused-ring (bicyclic) bond motifs is 1. The zero-order valence-corrected chi connectivity index (χ0v) is 13.5. The Morgan fingerprint density at radius 2 is 2.00 bits per heavy atom. The van der Waals surface area contributed by atoms with Crippen LogP contribution >= 0.6 is 0 Å². The van der Waals surface area contributed by atoms with Crippen molar-refractivity contribution in [3.8, 4) is 0 Å². The lowest BCUT2D eigenvalue weighted by molar-refractivity contribution is -0.672. The fraction of sp³-hybridized carbons (Fsp3) is 0.176. The number of ether oxygens (including phenoxy) is 1. The lowest BCUT2D eigenvalue weighted by Gasteiger charge is -2.07. The third kappa shape index (κ3) is 3.70. The van der Waals surface area contributed by atoms with E-state index in [1.54, 1.807) is 0 Å². The number of hydrogen-bond acceptors (Lipinski definition) is 3. The topological polar surface area (TPSA) is 50.6 Å². The van der Waals surface area contributed by atoms with Crippen LogP contribution in [0.5, 0.6) is 0 Å². The van der Waals surface area contributed by atoms with Crippen molar-refractivity contribution in [3.05, 3.63) is 66.2 Å². The molecule has 0 spiro atoms. The average molecular weight is 332 g/mol. The van der Waals surface area contributed by atoms with Gasteiger partial charge in [0.05, 0.1) is 13.7 Å². The predicted octanol–water partition coefficient (Wildman–Crippen LogP) is -0.548. The quantitative estimate of drug-likeness (QED) is 0.295. The first kappa shape index (κ1) is 17.0. The van der Waals surface area contributed by atoms with Crippen molar-refractivity contribution in [2.45, 2.75) is 13.3 Å². The standard InChI is InChI=1S/C17H17N3O2.ClH/c1-19-9-10-20(17(19)11-18-21)13-22-12-15-7-4-6-14-5-2-3-8-16(14)15;/h2-11H,12-13H2,1H3;1H. The maximum Gasteiger partial charge on any atom is 0.305 e. The summed E-state index contributed by atoms with van der Waals surface area (Å²) in [6.45, 7) is 0.921. The van der Waals surface area contributed by atoms with Crippen molar-refractivity contribution in [2.75, 3.05) is 0 Å². The Morgan fingerprint density at radius 3 is 2.83 bits per heavy atom. The summed E-state index contributed by atoms with van der Waals surface area (Å²) in [5.41, 5.74) is 1.16. The first-order valence-electron chi connectivity index (χ1n) is 7.06. The molecule has 120 valence electrons. The summed E-state index contributed by atoms with van der Waals surface area (Å²) in [5, 5.41) is 14.2. The van der Waals surface area contributed by atoms with Crippen molar-refractivity contribution in [1.82, 2.24) is 4.57 Å². The lowest BCUT2D eigenvalue weighted by atomic mass is 10.1. The molecule has 0 bridgehead atoms. The first-order valence-corrected chi connectivity index (χ1v) is 7.06. The molecule has 23 heavy (non-hydrogen) atoms. The van der Waals surface area contributed by atoms with Crippen LogP contribution in [0.4, 0.5) is 0 Å². The van der Waals surface area contributed by atoms with E-state index >= 15 is 0 Å². The number of oxime groups is 1. The third-order valence-corrected chi connectivity index (χ3v) is 3.67. The first-order chi connectivity index (χ1) is 10.8. The van der Waals surface area contributed by atoms with Crippen molar-refractivity contribution in [3.63, 3.8) is 0 Å². The van der Waals surface area contributed by atoms with Crippen LogP contribution in [-0.4, -0.2) is 16.0 Å². The molecular formula is C17H18ClN3O2. The minimum absolute atomic E-state index is 0. The number of aromatic nitrogens is 2. The SMILES string of the molecule is C[n+]1ccn(COCc2cccc3ccccc23)c1/C=N/O.[Cl-]. The van der Waals surface area contributed by atoms with E-state index in [4.69, 9.17) is 9.94 Å². The normalized spacial score (nSPS) is 11.0. The number of halogens is 1. The van der Waals surface area contributed by atoms with E-state index in [0.29, 0.717) is 13.3 Å². The number of benzene rings is 2. The second kappa shape index (κ2) is 7.76. The van der Waals surface area contributed by atoms with E-state index < -0.39 is 0 Å². The smallest absolute Gasteiger partial charge is 0.305 e. The Morgan fingerprint density at radius 1 is 1.22 bits per heavy atom. The maximum absolute atomic E-state index is 8.71. The van der Waals surface area contributed by atoms with Crippen LogP contribution in [0, 0.1) is 0 Å². The molecule has 0 saturated heterocycles. The molecule has 5 nitrogen and oxygen atoms in total. The molecule has 1 heterocycles. The minimum atomic E-state index is 0. The van der Waals surface area contributed by atoms with E-state index in [2.05, 4.69) is 29.4 Å². The molecule has 1 aromatic heterocycles. The van der Waals surface area contributed by atoms with Gasteiger partial charge in [-0.2, -0.15) is 0 Å². The van der Waals surface area contributed by atoms with Gasteiger partial charge in [-0.15, -0.1) is 0 Å². The van der Waals surface area contributed by atoms with Gasteiger partial charge in [-0.25, -0.2) is 9.13 Å². The minimum Gasteiger partial charge on any atom is -1.00 e. The predicted molar refractivity (Wildman–Crippen MR) is 83.7 cm³/mol. The summed E-state index contributed by atoms with van der Waals surface area (Å²) in [7, 11) is 1.89. The second-order valence-electron chi connectivity index (χ2n) is 5.10. The zero-order valence-electron chi connectivity index (χ0n) is 12.8. The highest BCUT2D eigenvalue weighted by Gasteiger charge is 2.12. The van der Waals surface area contributed by atoms with Gasteiger partial charge >= 0.3 is 5.82 Å². The van der Waals surface area contributed by atoms with E-state index in [1.807, 2.05) is 46.8 Å². The molecule has 0 radical (unpaired) electrons. The molecule has 1 N–H and O–H groups in total. The molecule has 0 saturated carbocycles. The Balaban J connectivity index is 0.00000192. The van der Waals surface area contributed by atoms with Crippen molar-refractivity contribution >= 4 is 17.0 Å². The number of hydrogen-bond donors (Lipinski definition) is 1. The van der Waals surface area contributed by atoms with Crippen LogP contribution < -0.4 is 17.0 Å². The molecule has 3 aromatic rings. The second-order valence-corrected chi connectivity index (χ2v) is 5.10. The van der Waals surface area contributed by atoms with Gasteiger partial charge < -0.3 is 22.4 Å². The molecule has 0 amide bonds. The highest BCUT2D eigenvalue weighted by Crippen LogP contribution is 2.19. The van der Waals surface area contributed by atoms with E-state index in [0.717, 1.165) is 11.4 Å². The molecule has 0 atom stereocenters. The maximum atomic E-state index is 8.71. The van der Waals surface area contributed by atoms with Gasteiger partial charge in [0.1, 0.15) is 12.4 Å². The van der Waals surface area contributed by atoms with Gasteiger partial charge in [0.25, 0.3) is 0 Å². The Hall–Kier alpha value is -2.37. The van der Waals surface area contributed by atoms with E-state index in [-0.39, 0.29) is 12.4 Å². The van der Waals surface area contributed by atoms with Gasteiger partial charge in [-0.05, 0) is 16.3 Å². The molecule has 2 aromatic carbocycles. The summed E-state index contributed by atoms with van der Waals surface area (Å²) >= 11 is 0. The highest BCUT2D eigenvalue weighted by molar-refractivity contribution is 5.85. The lowest BCUT2D eigenvalue weighted by Crippen LogP contribution is -3.00. The van der Waals surface area contributed by atoms with Gasteiger partial charge in [0.15, 0.2) is 12.9 Å². The number of nitrogens with zero attached hydrogens (tertiary/aromatic N) is 3. The summed E-state index contributed by atoms with van der Waals surface area (Å²) in [5.74, 6) is 0.764. The Bertz CT molecular complexity index is 809. The van der Waals surface area contributed by atoms with Crippen LogP contribution in [0.15, 0.2) is 60.0 Å². The molecule has 0 fully saturated rings. The number of rotatable bonds is 5. The Kier molecular flexibility index (Phi) is 5.73. The summed E-state index contributed by atoms with van der Waals surface area (Å²) in [6.07, 6.45) is 5.17. The van der Waals surface area contributed by atoms with E-state index in [9.17, 15) is 0 Å². The van der Waals surface area contributed by atoms with Crippen molar-refractivity contribution < 1.29 is 26.9 Å². The fourth-order valence-electron chi connectivity index (χ4n) is 2.53. The third-order valence-electron chi connectivity index (χ3n) is 3.67. The van der Waals surface area contributed by atoms with Gasteiger partial charge in [0.2, 0.25) is 0 Å². The molecular weight excluding hydrogens is 314 g/mol. The van der Waals surface area contributed by atoms with Crippen LogP contribution in [0.3, 0.4) is 0 Å². The fourth-order valence-corrected chi connectivity index (χ4v) is 2.53. The van der Waals surface area contributed by atoms with Crippen molar-refractivity contribution in [2.24, 2.45) is 12.2 Å². The van der Waals surface area contributed by atoms with Gasteiger partial charge in [-0.1, -0.05) is 47.6 Å². The molecule has 3 rings (SSSR count). The van der Waals surface area contributed by atoms with Gasteiger partial charge in [0, 0.05) is 0 Å². The van der Waals surface area contributed by atoms with Crippen LogP contribution in [-0.2, 0) is 25.1 Å². The molecule has 0 aliphatic heterocycles. The van der Waals surface area contributed by atoms with Crippen molar-refractivity contribution in [1.29, 1.82) is 0 Å². The van der Waals surface area contributed by atoms with Crippen LogP contribution in [0.25, 0.3) is 10.8 Å². The van der Waals surface area contributed by atoms with Gasteiger partial charge in [-0.3, -0.25) is 0 Å². The number of aryl methyl sites for hydroxylation is 1.